The van der Waals surface area contributed by atoms with Crippen molar-refractivity contribution in [3.8, 4) is 0 Å². The second kappa shape index (κ2) is 6.24. The van der Waals surface area contributed by atoms with Crippen LogP contribution in [0.25, 0.3) is 0 Å². The van der Waals surface area contributed by atoms with Crippen LogP contribution in [0, 0.1) is 0 Å². The Morgan fingerprint density at radius 3 is 2.56 bits per heavy atom. The normalized spacial score (nSPS) is 15.8. The SMILES string of the molecule is CCN(C(C)c1cc(Cl)ccn1)[S@+]([O-])C(C)(C)C. The van der Waals surface area contributed by atoms with Crippen molar-refractivity contribution in [2.24, 2.45) is 0 Å². The van der Waals surface area contributed by atoms with Crippen LogP contribution in [0.15, 0.2) is 18.3 Å². The molecule has 18 heavy (non-hydrogen) atoms. The zero-order valence-electron chi connectivity index (χ0n) is 11.6. The molecule has 0 spiro atoms. The largest absolute Gasteiger partial charge is 0.597 e. The zero-order valence-corrected chi connectivity index (χ0v) is 13.2. The fourth-order valence-electron chi connectivity index (χ4n) is 1.68. The van der Waals surface area contributed by atoms with Crippen molar-refractivity contribution in [2.75, 3.05) is 6.54 Å². The van der Waals surface area contributed by atoms with Gasteiger partial charge < -0.3 is 4.55 Å². The number of pyridine rings is 1. The predicted octanol–water partition coefficient (Wildman–Crippen LogP) is 3.58. The second-order valence-electron chi connectivity index (χ2n) is 5.17. The van der Waals surface area contributed by atoms with Gasteiger partial charge in [0.05, 0.1) is 11.7 Å². The lowest BCUT2D eigenvalue weighted by atomic mass is 10.2. The van der Waals surface area contributed by atoms with Crippen LogP contribution in [-0.2, 0) is 11.4 Å². The lowest BCUT2D eigenvalue weighted by molar-refractivity contribution is 0.339. The average Bonchev–Trinajstić information content (AvgIpc) is 2.28. The Labute approximate surface area is 118 Å². The van der Waals surface area contributed by atoms with E-state index in [2.05, 4.69) is 4.98 Å². The summed E-state index contributed by atoms with van der Waals surface area (Å²) in [5.74, 6) is 0. The van der Waals surface area contributed by atoms with Gasteiger partial charge in [-0.3, -0.25) is 4.98 Å². The molecule has 0 N–H and O–H groups in total. The Hall–Kier alpha value is -0.290. The van der Waals surface area contributed by atoms with Crippen LogP contribution in [0.3, 0.4) is 0 Å². The van der Waals surface area contributed by atoms with E-state index in [0.29, 0.717) is 11.6 Å². The molecule has 1 aromatic rings. The average molecular weight is 289 g/mol. The molecule has 1 heterocycles. The first kappa shape index (κ1) is 15.8. The summed E-state index contributed by atoms with van der Waals surface area (Å²) in [6.45, 7) is 10.6. The highest BCUT2D eigenvalue weighted by Crippen LogP contribution is 2.29. The quantitative estimate of drug-likeness (QED) is 0.795. The molecular weight excluding hydrogens is 268 g/mol. The third-order valence-electron chi connectivity index (χ3n) is 2.65. The van der Waals surface area contributed by atoms with Crippen molar-refractivity contribution >= 4 is 23.0 Å². The molecule has 3 nitrogen and oxygen atoms in total. The first-order valence-corrected chi connectivity index (χ1v) is 7.56. The number of aromatic nitrogens is 1. The van der Waals surface area contributed by atoms with Gasteiger partial charge in [-0.05, 0) is 46.8 Å². The Morgan fingerprint density at radius 2 is 2.11 bits per heavy atom. The molecular formula is C13H21ClN2OS. The molecule has 0 aliphatic heterocycles. The third kappa shape index (κ3) is 3.85. The second-order valence-corrected chi connectivity index (χ2v) is 7.80. The molecule has 0 amide bonds. The summed E-state index contributed by atoms with van der Waals surface area (Å²) in [7, 11) is 0. The van der Waals surface area contributed by atoms with Crippen molar-refractivity contribution in [3.63, 3.8) is 0 Å². The third-order valence-corrected chi connectivity index (χ3v) is 4.93. The predicted molar refractivity (Wildman–Crippen MR) is 77.9 cm³/mol. The van der Waals surface area contributed by atoms with E-state index in [4.69, 9.17) is 11.6 Å². The van der Waals surface area contributed by atoms with Gasteiger partial charge in [-0.1, -0.05) is 11.6 Å². The molecule has 1 unspecified atom stereocenters. The molecule has 0 aromatic carbocycles. The topological polar surface area (TPSA) is 39.2 Å². The maximum absolute atomic E-state index is 12.5. The van der Waals surface area contributed by atoms with E-state index in [-0.39, 0.29) is 10.8 Å². The molecule has 1 rings (SSSR count). The van der Waals surface area contributed by atoms with Crippen LogP contribution in [0.1, 0.15) is 46.4 Å². The summed E-state index contributed by atoms with van der Waals surface area (Å²) in [4.78, 5) is 4.31. The van der Waals surface area contributed by atoms with E-state index in [9.17, 15) is 4.55 Å². The smallest absolute Gasteiger partial charge is 0.137 e. The number of hydrogen-bond acceptors (Lipinski definition) is 3. The van der Waals surface area contributed by atoms with Crippen LogP contribution in [0.2, 0.25) is 5.02 Å². The summed E-state index contributed by atoms with van der Waals surface area (Å²) in [5.41, 5.74) is 0.849. The van der Waals surface area contributed by atoms with Gasteiger partial charge in [-0.2, -0.15) is 0 Å². The highest BCUT2D eigenvalue weighted by molar-refractivity contribution is 7.90. The molecule has 1 aromatic heterocycles. The lowest BCUT2D eigenvalue weighted by Crippen LogP contribution is -2.44. The fraction of sp³-hybridized carbons (Fsp3) is 0.615. The first-order chi connectivity index (χ1) is 8.27. The molecule has 102 valence electrons. The summed E-state index contributed by atoms with van der Waals surface area (Å²) in [6, 6.07) is 3.55. The molecule has 2 atom stereocenters. The Kier molecular flexibility index (Phi) is 5.46. The molecule has 5 heteroatoms. The van der Waals surface area contributed by atoms with E-state index >= 15 is 0 Å². The summed E-state index contributed by atoms with van der Waals surface area (Å²) in [6.07, 6.45) is 1.68. The van der Waals surface area contributed by atoms with Crippen LogP contribution in [0.4, 0.5) is 0 Å². The monoisotopic (exact) mass is 288 g/mol. The van der Waals surface area contributed by atoms with Gasteiger partial charge in [0.2, 0.25) is 0 Å². The molecule has 0 saturated heterocycles. The van der Waals surface area contributed by atoms with Gasteiger partial charge >= 0.3 is 0 Å². The van der Waals surface area contributed by atoms with Crippen LogP contribution >= 0.6 is 11.6 Å². The highest BCUT2D eigenvalue weighted by atomic mass is 35.5. The minimum atomic E-state index is -1.06. The minimum absolute atomic E-state index is 0.0197. The summed E-state index contributed by atoms with van der Waals surface area (Å²) >= 11 is 4.91. The van der Waals surface area contributed by atoms with E-state index in [1.807, 2.05) is 45.0 Å². The molecule has 0 fully saturated rings. The van der Waals surface area contributed by atoms with Gasteiger partial charge in [0.25, 0.3) is 0 Å². The van der Waals surface area contributed by atoms with E-state index in [1.54, 1.807) is 12.3 Å². The summed E-state index contributed by atoms with van der Waals surface area (Å²) < 4.78 is 14.1. The number of hydrogen-bond donors (Lipinski definition) is 0. The van der Waals surface area contributed by atoms with Gasteiger partial charge in [0.1, 0.15) is 4.75 Å². The highest BCUT2D eigenvalue weighted by Gasteiger charge is 2.36. The molecule has 0 saturated carbocycles. The zero-order chi connectivity index (χ0) is 13.9. The standard InChI is InChI=1S/C13H21ClN2OS/c1-6-16(18(17)13(3,4)5)10(2)12-9-11(14)7-8-15-12/h7-10H,6H2,1-5H3/t10?,18-/m1/s1. The molecule has 0 aliphatic carbocycles. The van der Waals surface area contributed by atoms with Gasteiger partial charge in [0.15, 0.2) is 0 Å². The number of nitrogens with zero attached hydrogens (tertiary/aromatic N) is 2. The van der Waals surface area contributed by atoms with Crippen molar-refractivity contribution in [2.45, 2.75) is 45.4 Å². The van der Waals surface area contributed by atoms with Crippen LogP contribution in [-0.4, -0.2) is 25.1 Å². The van der Waals surface area contributed by atoms with Crippen molar-refractivity contribution in [1.29, 1.82) is 0 Å². The number of halogens is 1. The Balaban J connectivity index is 2.96. The lowest BCUT2D eigenvalue weighted by Gasteiger charge is -2.35. The Morgan fingerprint density at radius 1 is 1.50 bits per heavy atom. The van der Waals surface area contributed by atoms with E-state index in [0.717, 1.165) is 5.69 Å². The minimum Gasteiger partial charge on any atom is -0.597 e. The van der Waals surface area contributed by atoms with E-state index in [1.165, 1.54) is 0 Å². The van der Waals surface area contributed by atoms with Crippen LogP contribution in [0.5, 0.6) is 0 Å². The van der Waals surface area contributed by atoms with Crippen LogP contribution < -0.4 is 0 Å². The van der Waals surface area contributed by atoms with E-state index < -0.39 is 11.4 Å². The molecule has 0 aliphatic rings. The van der Waals surface area contributed by atoms with Gasteiger partial charge in [-0.25, -0.2) is 0 Å². The Bertz CT molecular complexity index is 395. The van der Waals surface area contributed by atoms with Gasteiger partial charge in [-0.15, -0.1) is 4.31 Å². The first-order valence-electron chi connectivity index (χ1n) is 6.07. The molecule has 0 radical (unpaired) electrons. The summed E-state index contributed by atoms with van der Waals surface area (Å²) in [5, 5.41) is 0.657. The maximum atomic E-state index is 12.5. The molecule has 0 bridgehead atoms. The number of rotatable bonds is 4. The maximum Gasteiger partial charge on any atom is 0.137 e. The van der Waals surface area contributed by atoms with Crippen molar-refractivity contribution < 1.29 is 4.55 Å². The van der Waals surface area contributed by atoms with Crippen molar-refractivity contribution in [1.82, 2.24) is 9.29 Å². The van der Waals surface area contributed by atoms with Gasteiger partial charge in [0, 0.05) is 29.1 Å². The van der Waals surface area contributed by atoms with Crippen molar-refractivity contribution in [3.05, 3.63) is 29.0 Å². The fourth-order valence-corrected chi connectivity index (χ4v) is 3.19.